The summed E-state index contributed by atoms with van der Waals surface area (Å²) in [4.78, 5) is 15.1. The Morgan fingerprint density at radius 1 is 1.15 bits per heavy atom. The van der Waals surface area contributed by atoms with E-state index in [1.807, 2.05) is 6.07 Å². The van der Waals surface area contributed by atoms with Gasteiger partial charge in [-0.1, -0.05) is 0 Å². The molecule has 1 aliphatic rings. The molecule has 4 nitrogen and oxygen atoms in total. The maximum absolute atomic E-state index is 12.7. The van der Waals surface area contributed by atoms with Crippen molar-refractivity contribution in [3.8, 4) is 0 Å². The molecule has 1 saturated carbocycles. The first kappa shape index (κ1) is 18.6. The lowest BCUT2D eigenvalue weighted by Crippen LogP contribution is -2.22. The van der Waals surface area contributed by atoms with Crippen LogP contribution < -0.4 is 10.2 Å². The predicted octanol–water partition coefficient (Wildman–Crippen LogP) is 4.89. The Kier molecular flexibility index (Phi) is 5.40. The minimum Gasteiger partial charge on any atom is -0.377 e. The van der Waals surface area contributed by atoms with Gasteiger partial charge in [-0.25, -0.2) is 0 Å². The van der Waals surface area contributed by atoms with Crippen LogP contribution in [0.1, 0.15) is 60.0 Å². The first-order chi connectivity index (χ1) is 12.5. The van der Waals surface area contributed by atoms with E-state index in [0.717, 1.165) is 30.0 Å². The molecule has 1 N–H and O–H groups in total. The molecule has 0 unspecified atom stereocenters. The summed E-state index contributed by atoms with van der Waals surface area (Å²) in [7, 11) is 0. The number of Topliss-reactive ketones (excluding diaryl/α,β-unsaturated/α-hetero) is 1. The number of anilines is 2. The average Bonchev–Trinajstić information content (AvgIpc) is 3.40. The van der Waals surface area contributed by atoms with E-state index in [0.29, 0.717) is 12.6 Å². The highest BCUT2D eigenvalue weighted by atomic mass is 16.1. The van der Waals surface area contributed by atoms with Crippen molar-refractivity contribution in [2.24, 2.45) is 0 Å². The maximum atomic E-state index is 12.7. The number of benzene rings is 1. The SMILES string of the molecule is CCN(CC)c1ccc(NCC(=O)c2cc(C)n(C3CC3)c2C)c(C)c1. The topological polar surface area (TPSA) is 37.3 Å². The minimum absolute atomic E-state index is 0.164. The normalized spacial score (nSPS) is 13.7. The van der Waals surface area contributed by atoms with Gasteiger partial charge in [-0.3, -0.25) is 4.79 Å². The molecule has 4 heteroatoms. The molecule has 0 spiro atoms. The lowest BCUT2D eigenvalue weighted by Gasteiger charge is -2.22. The zero-order valence-corrected chi connectivity index (χ0v) is 16.7. The van der Waals surface area contributed by atoms with Crippen LogP contribution >= 0.6 is 0 Å². The standard InChI is InChI=1S/C22H31N3O/c1-6-24(7-2)19-10-11-21(15(3)12-19)23-14-22(26)20-13-16(4)25(17(20)5)18-8-9-18/h10-13,18,23H,6-9,14H2,1-5H3. The van der Waals surface area contributed by atoms with Crippen molar-refractivity contribution < 1.29 is 4.79 Å². The van der Waals surface area contributed by atoms with Crippen LogP contribution in [0.2, 0.25) is 0 Å². The molecule has 1 heterocycles. The highest BCUT2D eigenvalue weighted by Gasteiger charge is 2.28. The zero-order valence-electron chi connectivity index (χ0n) is 16.7. The van der Waals surface area contributed by atoms with Gasteiger partial charge in [-0.15, -0.1) is 0 Å². The summed E-state index contributed by atoms with van der Waals surface area (Å²) >= 11 is 0. The molecule has 0 bridgehead atoms. The third-order valence-corrected chi connectivity index (χ3v) is 5.47. The van der Waals surface area contributed by atoms with Crippen LogP contribution in [-0.4, -0.2) is 30.0 Å². The molecule has 3 rings (SSSR count). The van der Waals surface area contributed by atoms with Crippen molar-refractivity contribution in [2.75, 3.05) is 29.9 Å². The van der Waals surface area contributed by atoms with Crippen LogP contribution in [0.5, 0.6) is 0 Å². The Balaban J connectivity index is 1.69. The van der Waals surface area contributed by atoms with E-state index in [1.54, 1.807) is 0 Å². The smallest absolute Gasteiger partial charge is 0.183 e. The van der Waals surface area contributed by atoms with Gasteiger partial charge in [0.15, 0.2) is 5.78 Å². The van der Waals surface area contributed by atoms with Crippen molar-refractivity contribution in [1.82, 2.24) is 4.57 Å². The van der Waals surface area contributed by atoms with Crippen molar-refractivity contribution in [2.45, 2.75) is 53.5 Å². The molecular formula is C22H31N3O. The summed E-state index contributed by atoms with van der Waals surface area (Å²) in [6, 6.07) is 9.07. The number of hydrogen-bond donors (Lipinski definition) is 1. The number of rotatable bonds is 8. The Bertz CT molecular complexity index is 798. The molecule has 0 aliphatic heterocycles. The summed E-state index contributed by atoms with van der Waals surface area (Å²) in [5, 5.41) is 3.34. The Morgan fingerprint density at radius 3 is 2.42 bits per heavy atom. The molecule has 26 heavy (non-hydrogen) atoms. The van der Waals surface area contributed by atoms with Crippen LogP contribution in [0.4, 0.5) is 11.4 Å². The second kappa shape index (κ2) is 7.56. The van der Waals surface area contributed by atoms with E-state index >= 15 is 0 Å². The highest BCUT2D eigenvalue weighted by molar-refractivity contribution is 6.00. The van der Waals surface area contributed by atoms with E-state index in [2.05, 4.69) is 67.6 Å². The second-order valence-electron chi connectivity index (χ2n) is 7.33. The molecule has 0 radical (unpaired) electrons. The molecular weight excluding hydrogens is 322 g/mol. The molecule has 1 aromatic carbocycles. The first-order valence-corrected chi connectivity index (χ1v) is 9.77. The van der Waals surface area contributed by atoms with E-state index < -0.39 is 0 Å². The number of nitrogens with one attached hydrogen (secondary N) is 1. The van der Waals surface area contributed by atoms with Gasteiger partial charge in [0.25, 0.3) is 0 Å². The predicted molar refractivity (Wildman–Crippen MR) is 110 cm³/mol. The number of nitrogens with zero attached hydrogens (tertiary/aromatic N) is 2. The largest absolute Gasteiger partial charge is 0.377 e. The summed E-state index contributed by atoms with van der Waals surface area (Å²) in [6.45, 7) is 12.9. The molecule has 140 valence electrons. The minimum atomic E-state index is 0.164. The maximum Gasteiger partial charge on any atom is 0.183 e. The third-order valence-electron chi connectivity index (χ3n) is 5.47. The molecule has 0 saturated heterocycles. The van der Waals surface area contributed by atoms with Gasteiger partial charge >= 0.3 is 0 Å². The number of carbonyl (C=O) groups excluding carboxylic acids is 1. The van der Waals surface area contributed by atoms with Crippen LogP contribution in [-0.2, 0) is 0 Å². The quantitative estimate of drug-likeness (QED) is 0.687. The van der Waals surface area contributed by atoms with Crippen molar-refractivity contribution in [1.29, 1.82) is 0 Å². The molecule has 0 atom stereocenters. The van der Waals surface area contributed by atoms with Gasteiger partial charge in [0, 0.05) is 47.5 Å². The Labute approximate surface area is 157 Å². The lowest BCUT2D eigenvalue weighted by molar-refractivity contribution is 0.101. The van der Waals surface area contributed by atoms with Gasteiger partial charge in [0.2, 0.25) is 0 Å². The lowest BCUT2D eigenvalue weighted by atomic mass is 10.1. The van der Waals surface area contributed by atoms with Crippen molar-refractivity contribution in [3.63, 3.8) is 0 Å². The fourth-order valence-electron chi connectivity index (χ4n) is 3.86. The van der Waals surface area contributed by atoms with Crippen LogP contribution in [0.15, 0.2) is 24.3 Å². The number of hydrogen-bond acceptors (Lipinski definition) is 3. The summed E-state index contributed by atoms with van der Waals surface area (Å²) in [6.07, 6.45) is 2.47. The van der Waals surface area contributed by atoms with Crippen molar-refractivity contribution in [3.05, 3.63) is 46.8 Å². The number of carbonyl (C=O) groups is 1. The fraction of sp³-hybridized carbons (Fsp3) is 0.500. The van der Waals surface area contributed by atoms with Crippen LogP contribution in [0.25, 0.3) is 0 Å². The fourth-order valence-corrected chi connectivity index (χ4v) is 3.86. The van der Waals surface area contributed by atoms with Gasteiger partial charge in [0.05, 0.1) is 6.54 Å². The second-order valence-corrected chi connectivity index (χ2v) is 7.33. The monoisotopic (exact) mass is 353 g/mol. The van der Waals surface area contributed by atoms with E-state index in [1.165, 1.54) is 29.8 Å². The molecule has 1 aromatic heterocycles. The number of aromatic nitrogens is 1. The van der Waals surface area contributed by atoms with Crippen LogP contribution in [0.3, 0.4) is 0 Å². The zero-order chi connectivity index (χ0) is 18.8. The Morgan fingerprint density at radius 2 is 1.85 bits per heavy atom. The van der Waals surface area contributed by atoms with E-state index in [4.69, 9.17) is 0 Å². The van der Waals surface area contributed by atoms with Gasteiger partial charge in [-0.05, 0) is 77.3 Å². The summed E-state index contributed by atoms with van der Waals surface area (Å²) in [5.74, 6) is 0.164. The molecule has 1 fully saturated rings. The average molecular weight is 354 g/mol. The van der Waals surface area contributed by atoms with E-state index in [9.17, 15) is 4.79 Å². The highest BCUT2D eigenvalue weighted by Crippen LogP contribution is 2.38. The first-order valence-electron chi connectivity index (χ1n) is 9.77. The van der Waals surface area contributed by atoms with Crippen molar-refractivity contribution >= 4 is 17.2 Å². The third kappa shape index (κ3) is 3.64. The van der Waals surface area contributed by atoms with Crippen LogP contribution in [0, 0.1) is 20.8 Å². The van der Waals surface area contributed by atoms with Gasteiger partial charge in [-0.2, -0.15) is 0 Å². The van der Waals surface area contributed by atoms with Gasteiger partial charge < -0.3 is 14.8 Å². The summed E-state index contributed by atoms with van der Waals surface area (Å²) in [5.41, 5.74) is 6.62. The van der Waals surface area contributed by atoms with E-state index in [-0.39, 0.29) is 5.78 Å². The molecule has 2 aromatic rings. The summed E-state index contributed by atoms with van der Waals surface area (Å²) < 4.78 is 2.33. The Hall–Kier alpha value is -2.23. The number of aryl methyl sites for hydroxylation is 2. The molecule has 1 aliphatic carbocycles. The molecule has 0 amide bonds. The van der Waals surface area contributed by atoms with Gasteiger partial charge in [0.1, 0.15) is 0 Å². The number of ketones is 1.